The molecule has 44 heavy (non-hydrogen) atoms. The van der Waals surface area contributed by atoms with Crippen LogP contribution in [0.2, 0.25) is 0 Å². The van der Waals surface area contributed by atoms with Crippen molar-refractivity contribution >= 4 is 28.6 Å². The number of para-hydroxylation sites is 1. The molecule has 0 spiro atoms. The smallest absolute Gasteiger partial charge is 0.256 e. The summed E-state index contributed by atoms with van der Waals surface area (Å²) in [4.78, 5) is 47.2. The van der Waals surface area contributed by atoms with Crippen molar-refractivity contribution in [1.82, 2.24) is 20.1 Å². The van der Waals surface area contributed by atoms with Crippen LogP contribution in [0.15, 0.2) is 72.9 Å². The lowest BCUT2D eigenvalue weighted by Crippen LogP contribution is -2.57. The number of methoxy groups -OCH3 is 1. The van der Waals surface area contributed by atoms with Crippen LogP contribution in [0.5, 0.6) is 17.2 Å². The highest BCUT2D eigenvalue weighted by Gasteiger charge is 2.35. The summed E-state index contributed by atoms with van der Waals surface area (Å²) in [6.07, 6.45) is 2.55. The molecule has 4 bridgehead atoms. The zero-order valence-corrected chi connectivity index (χ0v) is 24.9. The predicted octanol–water partition coefficient (Wildman–Crippen LogP) is 4.75. The van der Waals surface area contributed by atoms with E-state index >= 15 is 0 Å². The zero-order chi connectivity index (χ0) is 30.6. The minimum absolute atomic E-state index is 0.0937. The van der Waals surface area contributed by atoms with Gasteiger partial charge in [0.2, 0.25) is 5.91 Å². The first kappa shape index (κ1) is 29.3. The summed E-state index contributed by atoms with van der Waals surface area (Å²) in [5.41, 5.74) is 2.65. The molecule has 0 aliphatic carbocycles. The fourth-order valence-electron chi connectivity index (χ4n) is 5.92. The zero-order valence-electron chi connectivity index (χ0n) is 24.9. The van der Waals surface area contributed by atoms with Gasteiger partial charge in [0.15, 0.2) is 11.5 Å². The van der Waals surface area contributed by atoms with Crippen LogP contribution in [0.4, 0.5) is 0 Å². The first-order valence-corrected chi connectivity index (χ1v) is 14.9. The highest BCUT2D eigenvalue weighted by Crippen LogP contribution is 2.33. The van der Waals surface area contributed by atoms with Gasteiger partial charge in [0, 0.05) is 36.8 Å². The third-order valence-electron chi connectivity index (χ3n) is 8.13. The number of benzene rings is 3. The molecule has 3 aromatic carbocycles. The van der Waals surface area contributed by atoms with Crippen LogP contribution in [0, 0.1) is 0 Å². The minimum Gasteiger partial charge on any atom is -0.493 e. The van der Waals surface area contributed by atoms with Gasteiger partial charge in [0.1, 0.15) is 5.75 Å². The van der Waals surface area contributed by atoms with E-state index in [2.05, 4.69) is 10.3 Å². The summed E-state index contributed by atoms with van der Waals surface area (Å²) in [6.45, 7) is 3.28. The largest absolute Gasteiger partial charge is 0.493 e. The van der Waals surface area contributed by atoms with Crippen LogP contribution in [0.3, 0.4) is 0 Å². The topological polar surface area (TPSA) is 113 Å². The Morgan fingerprint density at radius 2 is 1.93 bits per heavy atom. The van der Waals surface area contributed by atoms with Gasteiger partial charge >= 0.3 is 0 Å². The molecule has 1 fully saturated rings. The van der Waals surface area contributed by atoms with Crippen LogP contribution in [-0.4, -0.2) is 77.9 Å². The molecular weight excluding hydrogens is 560 g/mol. The van der Waals surface area contributed by atoms with Crippen molar-refractivity contribution in [2.45, 2.75) is 38.5 Å². The van der Waals surface area contributed by atoms with E-state index in [0.717, 1.165) is 16.5 Å². The van der Waals surface area contributed by atoms with Gasteiger partial charge in [-0.3, -0.25) is 14.4 Å². The van der Waals surface area contributed by atoms with Crippen molar-refractivity contribution in [3.8, 4) is 17.2 Å². The van der Waals surface area contributed by atoms with E-state index in [4.69, 9.17) is 14.2 Å². The maximum atomic E-state index is 13.7. The molecule has 1 saturated heterocycles. The fraction of sp³-hybridized carbons (Fsp3) is 0.324. The summed E-state index contributed by atoms with van der Waals surface area (Å²) >= 11 is 0. The number of piperidine rings is 1. The summed E-state index contributed by atoms with van der Waals surface area (Å²) in [5.74, 6) is 0.791. The summed E-state index contributed by atoms with van der Waals surface area (Å²) in [7, 11) is 1.54. The number of aromatic amines is 1. The van der Waals surface area contributed by atoms with Gasteiger partial charge in [-0.1, -0.05) is 31.2 Å². The first-order chi connectivity index (χ1) is 21.4. The van der Waals surface area contributed by atoms with Crippen molar-refractivity contribution in [2.24, 2.45) is 0 Å². The average Bonchev–Trinajstić information content (AvgIpc) is 3.52. The number of carbonyl (C=O) groups is 3. The number of likely N-dealkylation sites (tertiary alicyclic amines) is 1. The van der Waals surface area contributed by atoms with Crippen molar-refractivity contribution in [2.75, 3.05) is 33.3 Å². The third-order valence-corrected chi connectivity index (χ3v) is 8.13. The molecule has 0 radical (unpaired) electrons. The molecule has 6 rings (SSSR count). The number of rotatable bonds is 4. The molecular formula is C34H36N4O6. The Bertz CT molecular complexity index is 1680. The van der Waals surface area contributed by atoms with Gasteiger partial charge in [0.25, 0.3) is 11.8 Å². The van der Waals surface area contributed by atoms with E-state index in [1.807, 2.05) is 61.7 Å². The molecule has 2 N–H and O–H groups in total. The SMILES string of the molecule is CCCN1CC(=O)N[C@H]2CCN(C(=O)c3cccc4cc[nH]c34)C[C@@H]2OCc2cccc(c2)Oc2cc(ccc2OC)C1=O. The van der Waals surface area contributed by atoms with Crippen LogP contribution >= 0.6 is 0 Å². The van der Waals surface area contributed by atoms with Crippen molar-refractivity contribution in [3.05, 3.63) is 89.6 Å². The maximum absolute atomic E-state index is 13.7. The second-order valence-corrected chi connectivity index (χ2v) is 11.2. The molecule has 2 aliphatic rings. The van der Waals surface area contributed by atoms with Crippen LogP contribution in [0.25, 0.3) is 10.9 Å². The van der Waals surface area contributed by atoms with E-state index in [9.17, 15) is 14.4 Å². The second kappa shape index (κ2) is 12.8. The third kappa shape index (κ3) is 6.12. The molecule has 0 unspecified atom stereocenters. The van der Waals surface area contributed by atoms with Crippen molar-refractivity contribution in [1.29, 1.82) is 0 Å². The number of aromatic nitrogens is 1. The number of fused-ring (bicyclic) bond motifs is 6. The number of hydrogen-bond donors (Lipinski definition) is 2. The van der Waals surface area contributed by atoms with Gasteiger partial charge in [0.05, 0.1) is 43.5 Å². The highest BCUT2D eigenvalue weighted by molar-refractivity contribution is 6.05. The summed E-state index contributed by atoms with van der Waals surface area (Å²) < 4.78 is 18.1. The lowest BCUT2D eigenvalue weighted by molar-refractivity contribution is -0.124. The Balaban J connectivity index is 1.30. The number of ether oxygens (including phenoxy) is 3. The molecule has 0 saturated carbocycles. The lowest BCUT2D eigenvalue weighted by atomic mass is 9.99. The molecule has 10 nitrogen and oxygen atoms in total. The van der Waals surface area contributed by atoms with E-state index in [-0.39, 0.29) is 36.9 Å². The monoisotopic (exact) mass is 596 g/mol. The molecule has 2 aliphatic heterocycles. The Labute approximate surface area is 255 Å². The number of carbonyl (C=O) groups excluding carboxylic acids is 3. The quantitative estimate of drug-likeness (QED) is 0.352. The van der Waals surface area contributed by atoms with Gasteiger partial charge in [-0.2, -0.15) is 0 Å². The standard InChI is InChI=1S/C34H36N4O6/c1-3-15-37-20-31(39)36-27-13-16-38(34(41)26-9-5-7-23-12-14-35-32(23)26)19-30(27)43-21-22-6-4-8-25(17-22)44-29-18-24(33(37)40)10-11-28(29)42-2/h4-12,14,17-18,27,30,35H,3,13,15-16,19-21H2,1-2H3,(H,36,39)/t27-,30-/m0/s1. The normalized spacial score (nSPS) is 19.2. The molecule has 10 heteroatoms. The van der Waals surface area contributed by atoms with E-state index < -0.39 is 6.10 Å². The van der Waals surface area contributed by atoms with Crippen LogP contribution in [0.1, 0.15) is 46.0 Å². The van der Waals surface area contributed by atoms with E-state index in [1.54, 1.807) is 35.1 Å². The van der Waals surface area contributed by atoms with E-state index in [1.165, 1.54) is 0 Å². The summed E-state index contributed by atoms with van der Waals surface area (Å²) in [6, 6.07) is 19.8. The van der Waals surface area contributed by atoms with Crippen molar-refractivity contribution in [3.63, 3.8) is 0 Å². The van der Waals surface area contributed by atoms with Gasteiger partial charge in [-0.15, -0.1) is 0 Å². The van der Waals surface area contributed by atoms with Crippen LogP contribution < -0.4 is 14.8 Å². The molecule has 4 aromatic rings. The maximum Gasteiger partial charge on any atom is 0.256 e. The Kier molecular flexibility index (Phi) is 8.51. The highest BCUT2D eigenvalue weighted by atomic mass is 16.5. The fourth-order valence-corrected chi connectivity index (χ4v) is 5.92. The van der Waals surface area contributed by atoms with Gasteiger partial charge in [-0.25, -0.2) is 0 Å². The minimum atomic E-state index is -0.472. The van der Waals surface area contributed by atoms with Gasteiger partial charge < -0.3 is 34.3 Å². The number of nitrogens with one attached hydrogen (secondary N) is 2. The first-order valence-electron chi connectivity index (χ1n) is 14.9. The van der Waals surface area contributed by atoms with Crippen LogP contribution in [-0.2, 0) is 16.1 Å². The molecule has 228 valence electrons. The number of amides is 3. The average molecular weight is 597 g/mol. The van der Waals surface area contributed by atoms with E-state index in [0.29, 0.717) is 60.9 Å². The number of nitrogens with zero attached hydrogens (tertiary/aromatic N) is 2. The van der Waals surface area contributed by atoms with Gasteiger partial charge in [-0.05, 0) is 60.9 Å². The Morgan fingerprint density at radius 3 is 2.77 bits per heavy atom. The molecule has 3 amide bonds. The number of hydrogen-bond acceptors (Lipinski definition) is 6. The Morgan fingerprint density at radius 1 is 1.07 bits per heavy atom. The molecule has 1 aromatic heterocycles. The lowest BCUT2D eigenvalue weighted by Gasteiger charge is -2.39. The summed E-state index contributed by atoms with van der Waals surface area (Å²) in [5, 5.41) is 4.09. The second-order valence-electron chi connectivity index (χ2n) is 11.2. The van der Waals surface area contributed by atoms with Crippen molar-refractivity contribution < 1.29 is 28.6 Å². The number of H-pyrrole nitrogens is 1. The molecule has 3 heterocycles. The Hall–Kier alpha value is -4.83. The molecule has 2 atom stereocenters. The predicted molar refractivity (Wildman–Crippen MR) is 165 cm³/mol.